The maximum absolute atomic E-state index is 13.4. The lowest BCUT2D eigenvalue weighted by molar-refractivity contribution is -0.142. The summed E-state index contributed by atoms with van der Waals surface area (Å²) in [7, 11) is 0. The fraction of sp³-hybridized carbons (Fsp3) is 0.571. The molecule has 2 unspecified atom stereocenters. The number of benzene rings is 1. The zero-order valence-corrected chi connectivity index (χ0v) is 16.6. The largest absolute Gasteiger partial charge is 0.368 e. The topological polar surface area (TPSA) is 73.0 Å². The second-order valence-electron chi connectivity index (χ2n) is 8.27. The number of Topliss-reactive ketones (excluding diaryl/α,β-unsaturated/α-hetero) is 1. The van der Waals surface area contributed by atoms with E-state index in [1.54, 1.807) is 13.8 Å². The molecular weight excluding hydrogens is 356 g/mol. The van der Waals surface area contributed by atoms with Crippen LogP contribution in [-0.4, -0.2) is 79.8 Å². The Morgan fingerprint density at radius 3 is 2.29 bits per heavy atom. The van der Waals surface area contributed by atoms with Crippen LogP contribution in [0.4, 0.5) is 5.69 Å². The zero-order chi connectivity index (χ0) is 19.9. The molecule has 2 amide bonds. The first-order chi connectivity index (χ1) is 13.4. The summed E-state index contributed by atoms with van der Waals surface area (Å²) in [5.74, 6) is 0.524. The number of fused-ring (bicyclic) bond motifs is 1. The molecule has 3 saturated heterocycles. The van der Waals surface area contributed by atoms with Crippen molar-refractivity contribution in [3.05, 3.63) is 29.8 Å². The maximum Gasteiger partial charge on any atom is 0.232 e. The third-order valence-corrected chi connectivity index (χ3v) is 6.60. The molecule has 150 valence electrons. The fourth-order valence-electron chi connectivity index (χ4n) is 4.85. The number of rotatable bonds is 3. The Kier molecular flexibility index (Phi) is 4.87. The van der Waals surface area contributed by atoms with Crippen LogP contribution in [0.3, 0.4) is 0 Å². The molecule has 28 heavy (non-hydrogen) atoms. The van der Waals surface area contributed by atoms with Gasteiger partial charge in [-0.05, 0) is 31.2 Å². The van der Waals surface area contributed by atoms with Gasteiger partial charge in [-0.3, -0.25) is 14.4 Å². The first-order valence-electron chi connectivity index (χ1n) is 10.0. The summed E-state index contributed by atoms with van der Waals surface area (Å²) >= 11 is 0. The molecule has 2 atom stereocenters. The monoisotopic (exact) mass is 384 g/mol. The molecular formula is C21H28N4O3. The van der Waals surface area contributed by atoms with Crippen LogP contribution < -0.4 is 10.2 Å². The lowest BCUT2D eigenvalue weighted by atomic mass is 9.79. The second-order valence-corrected chi connectivity index (χ2v) is 8.27. The van der Waals surface area contributed by atoms with Gasteiger partial charge in [0, 0.05) is 76.5 Å². The Hall–Kier alpha value is -2.41. The molecule has 7 heteroatoms. The number of amides is 2. The van der Waals surface area contributed by atoms with E-state index in [1.807, 2.05) is 34.1 Å². The van der Waals surface area contributed by atoms with Crippen LogP contribution in [0.2, 0.25) is 0 Å². The Balaban J connectivity index is 1.41. The summed E-state index contributed by atoms with van der Waals surface area (Å²) < 4.78 is 0. The van der Waals surface area contributed by atoms with Crippen LogP contribution in [0.5, 0.6) is 0 Å². The normalized spacial score (nSPS) is 27.1. The van der Waals surface area contributed by atoms with Crippen molar-refractivity contribution in [2.24, 2.45) is 11.3 Å². The van der Waals surface area contributed by atoms with Crippen molar-refractivity contribution in [3.8, 4) is 0 Å². The number of likely N-dealkylation sites (tertiary alicyclic amines) is 1. The van der Waals surface area contributed by atoms with Gasteiger partial charge in [0.15, 0.2) is 5.78 Å². The summed E-state index contributed by atoms with van der Waals surface area (Å²) in [5, 5.41) is 3.37. The minimum absolute atomic E-state index is 0.0559. The number of hydrogen-bond donors (Lipinski definition) is 1. The lowest BCUT2D eigenvalue weighted by Gasteiger charge is -2.40. The van der Waals surface area contributed by atoms with Crippen LogP contribution in [0.25, 0.3) is 0 Å². The summed E-state index contributed by atoms with van der Waals surface area (Å²) in [5.41, 5.74) is 1.34. The highest BCUT2D eigenvalue weighted by atomic mass is 16.2. The minimum atomic E-state index is -0.461. The standard InChI is InChI=1S/C21H28N4O3/c1-15(26)17-3-5-19(6-4-17)23-7-9-24(10-8-23)20(28)21-13-22-11-18(21)12-25(14-21)16(2)27/h3-6,18,22H,7-14H2,1-2H3. The third-order valence-electron chi connectivity index (χ3n) is 6.60. The number of nitrogens with zero attached hydrogens (tertiary/aromatic N) is 3. The van der Waals surface area contributed by atoms with Crippen molar-refractivity contribution in [2.75, 3.05) is 57.3 Å². The van der Waals surface area contributed by atoms with E-state index in [2.05, 4.69) is 10.2 Å². The van der Waals surface area contributed by atoms with E-state index in [0.717, 1.165) is 25.3 Å². The van der Waals surface area contributed by atoms with Crippen LogP contribution in [0, 0.1) is 11.3 Å². The predicted molar refractivity (Wildman–Crippen MR) is 106 cm³/mol. The first kappa shape index (κ1) is 18.9. The van der Waals surface area contributed by atoms with Crippen LogP contribution >= 0.6 is 0 Å². The highest BCUT2D eigenvalue weighted by molar-refractivity contribution is 5.94. The highest BCUT2D eigenvalue weighted by Gasteiger charge is 2.56. The van der Waals surface area contributed by atoms with E-state index in [-0.39, 0.29) is 23.5 Å². The molecule has 0 aromatic heterocycles. The van der Waals surface area contributed by atoms with Crippen molar-refractivity contribution in [3.63, 3.8) is 0 Å². The second kappa shape index (κ2) is 7.20. The van der Waals surface area contributed by atoms with E-state index in [1.165, 1.54) is 0 Å². The average Bonchev–Trinajstić information content (AvgIpc) is 3.26. The third kappa shape index (κ3) is 3.17. The number of carbonyl (C=O) groups is 3. The number of ketones is 1. The molecule has 0 bridgehead atoms. The van der Waals surface area contributed by atoms with Crippen LogP contribution in [0.15, 0.2) is 24.3 Å². The molecule has 3 aliphatic rings. The quantitative estimate of drug-likeness (QED) is 0.773. The van der Waals surface area contributed by atoms with Gasteiger partial charge in [0.25, 0.3) is 0 Å². The number of hydrogen-bond acceptors (Lipinski definition) is 5. The van der Waals surface area contributed by atoms with E-state index in [0.29, 0.717) is 38.3 Å². The molecule has 3 heterocycles. The van der Waals surface area contributed by atoms with Gasteiger partial charge in [-0.2, -0.15) is 0 Å². The maximum atomic E-state index is 13.4. The highest BCUT2D eigenvalue weighted by Crippen LogP contribution is 2.41. The fourth-order valence-corrected chi connectivity index (χ4v) is 4.85. The Labute approximate surface area is 165 Å². The van der Waals surface area contributed by atoms with E-state index >= 15 is 0 Å². The Morgan fingerprint density at radius 1 is 1.00 bits per heavy atom. The predicted octanol–water partition coefficient (Wildman–Crippen LogP) is 0.606. The molecule has 7 nitrogen and oxygen atoms in total. The van der Waals surface area contributed by atoms with Crippen molar-refractivity contribution < 1.29 is 14.4 Å². The number of nitrogens with one attached hydrogen (secondary N) is 1. The van der Waals surface area contributed by atoms with Gasteiger partial charge in [0.05, 0.1) is 5.41 Å². The van der Waals surface area contributed by atoms with Gasteiger partial charge in [-0.1, -0.05) is 0 Å². The van der Waals surface area contributed by atoms with Gasteiger partial charge in [0.1, 0.15) is 0 Å². The van der Waals surface area contributed by atoms with Gasteiger partial charge in [0.2, 0.25) is 11.8 Å². The smallest absolute Gasteiger partial charge is 0.232 e. The van der Waals surface area contributed by atoms with E-state index in [4.69, 9.17) is 0 Å². The summed E-state index contributed by atoms with van der Waals surface area (Å²) in [6.45, 7) is 8.74. The van der Waals surface area contributed by atoms with Crippen molar-refractivity contribution >= 4 is 23.3 Å². The zero-order valence-electron chi connectivity index (χ0n) is 16.6. The summed E-state index contributed by atoms with van der Waals surface area (Å²) in [6, 6.07) is 7.67. The average molecular weight is 384 g/mol. The van der Waals surface area contributed by atoms with E-state index < -0.39 is 5.41 Å². The molecule has 0 saturated carbocycles. The number of carbonyl (C=O) groups excluding carboxylic acids is 3. The van der Waals surface area contributed by atoms with Gasteiger partial charge >= 0.3 is 0 Å². The van der Waals surface area contributed by atoms with Gasteiger partial charge < -0.3 is 20.0 Å². The minimum Gasteiger partial charge on any atom is -0.368 e. The first-order valence-corrected chi connectivity index (χ1v) is 10.0. The van der Waals surface area contributed by atoms with Crippen molar-refractivity contribution in [2.45, 2.75) is 13.8 Å². The van der Waals surface area contributed by atoms with Crippen LogP contribution in [0.1, 0.15) is 24.2 Å². The molecule has 1 N–H and O–H groups in total. The van der Waals surface area contributed by atoms with Gasteiger partial charge in [-0.15, -0.1) is 0 Å². The molecule has 0 spiro atoms. The molecule has 4 rings (SSSR count). The molecule has 1 aromatic rings. The summed E-state index contributed by atoms with van der Waals surface area (Å²) in [6.07, 6.45) is 0. The van der Waals surface area contributed by atoms with E-state index in [9.17, 15) is 14.4 Å². The Bertz CT molecular complexity index is 785. The van der Waals surface area contributed by atoms with Crippen molar-refractivity contribution in [1.82, 2.24) is 15.1 Å². The number of anilines is 1. The molecule has 3 aliphatic heterocycles. The summed E-state index contributed by atoms with van der Waals surface area (Å²) in [4.78, 5) is 42.8. The SMILES string of the molecule is CC(=O)c1ccc(N2CCN(C(=O)C34CNCC3CN(C(C)=O)C4)CC2)cc1. The van der Waals surface area contributed by atoms with Gasteiger partial charge in [-0.25, -0.2) is 0 Å². The van der Waals surface area contributed by atoms with Crippen LogP contribution in [-0.2, 0) is 9.59 Å². The molecule has 3 fully saturated rings. The number of piperazine rings is 1. The molecule has 0 aliphatic carbocycles. The molecule has 0 radical (unpaired) electrons. The van der Waals surface area contributed by atoms with Crippen molar-refractivity contribution in [1.29, 1.82) is 0 Å². The molecule has 1 aromatic carbocycles. The lowest BCUT2D eigenvalue weighted by Crippen LogP contribution is -2.56. The Morgan fingerprint density at radius 2 is 1.68 bits per heavy atom.